The summed E-state index contributed by atoms with van der Waals surface area (Å²) in [5, 5.41) is 0. The second kappa shape index (κ2) is 5.97. The highest BCUT2D eigenvalue weighted by atomic mass is 16.5. The highest BCUT2D eigenvalue weighted by molar-refractivity contribution is 5.98. The van der Waals surface area contributed by atoms with Crippen molar-refractivity contribution in [2.75, 3.05) is 26.7 Å². The Bertz CT molecular complexity index is 484. The fourth-order valence-corrected chi connectivity index (χ4v) is 2.33. The van der Waals surface area contributed by atoms with Crippen LogP contribution in [0, 0.1) is 5.92 Å². The summed E-state index contributed by atoms with van der Waals surface area (Å²) in [7, 11) is 1.58. The van der Waals surface area contributed by atoms with E-state index < -0.39 is 0 Å². The third-order valence-corrected chi connectivity index (χ3v) is 3.52. The van der Waals surface area contributed by atoms with Crippen LogP contribution in [0.15, 0.2) is 24.3 Å². The quantitative estimate of drug-likeness (QED) is 0.775. The van der Waals surface area contributed by atoms with E-state index in [1.54, 1.807) is 19.2 Å². The van der Waals surface area contributed by atoms with Crippen LogP contribution in [0.2, 0.25) is 0 Å². The van der Waals surface area contributed by atoms with Crippen LogP contribution in [-0.2, 0) is 4.79 Å². The Kier molecular flexibility index (Phi) is 4.32. The number of nitrogens with zero attached hydrogens (tertiary/aromatic N) is 1. The number of ketones is 2. The summed E-state index contributed by atoms with van der Waals surface area (Å²) in [6.45, 7) is 3.64. The number of rotatable bonds is 4. The van der Waals surface area contributed by atoms with Gasteiger partial charge in [0.05, 0.1) is 13.7 Å². The van der Waals surface area contributed by atoms with Gasteiger partial charge in [0.2, 0.25) is 0 Å². The molecule has 0 saturated carbocycles. The van der Waals surface area contributed by atoms with Crippen LogP contribution in [0.25, 0.3) is 0 Å². The number of likely N-dealkylation sites (tertiary alicyclic amines) is 1. The van der Waals surface area contributed by atoms with Gasteiger partial charge in [0.25, 0.3) is 0 Å². The standard InChI is InChI=1S/C15H19NO3/c1-11-9-16(7-6-14(11)17)10-15(18)12-4-3-5-13(8-12)19-2/h3-5,8,11H,6-7,9-10H2,1-2H3. The van der Waals surface area contributed by atoms with Gasteiger partial charge in [0.1, 0.15) is 11.5 Å². The van der Waals surface area contributed by atoms with Crippen molar-refractivity contribution in [2.45, 2.75) is 13.3 Å². The Hall–Kier alpha value is -1.68. The monoisotopic (exact) mass is 261 g/mol. The zero-order chi connectivity index (χ0) is 13.8. The van der Waals surface area contributed by atoms with Crippen LogP contribution in [0.5, 0.6) is 5.75 Å². The average Bonchev–Trinajstić information content (AvgIpc) is 2.43. The van der Waals surface area contributed by atoms with Crippen molar-refractivity contribution in [2.24, 2.45) is 5.92 Å². The molecule has 0 N–H and O–H groups in total. The summed E-state index contributed by atoms with van der Waals surface area (Å²) in [4.78, 5) is 25.7. The van der Waals surface area contributed by atoms with Gasteiger partial charge in [0, 0.05) is 31.0 Å². The molecule has 0 aliphatic carbocycles. The Morgan fingerprint density at radius 1 is 1.47 bits per heavy atom. The minimum Gasteiger partial charge on any atom is -0.497 e. The average molecular weight is 261 g/mol. The molecule has 1 saturated heterocycles. The molecule has 1 aliphatic rings. The second-order valence-electron chi connectivity index (χ2n) is 5.01. The normalized spacial score (nSPS) is 20.3. The lowest BCUT2D eigenvalue weighted by molar-refractivity contribution is -0.125. The SMILES string of the molecule is COc1cccc(C(=O)CN2CCC(=O)C(C)C2)c1. The van der Waals surface area contributed by atoms with E-state index in [9.17, 15) is 9.59 Å². The molecule has 4 heteroatoms. The van der Waals surface area contributed by atoms with Gasteiger partial charge in [-0.1, -0.05) is 19.1 Å². The van der Waals surface area contributed by atoms with Crippen molar-refractivity contribution >= 4 is 11.6 Å². The van der Waals surface area contributed by atoms with Gasteiger partial charge in [-0.25, -0.2) is 0 Å². The fourth-order valence-electron chi connectivity index (χ4n) is 2.33. The van der Waals surface area contributed by atoms with Gasteiger partial charge in [-0.15, -0.1) is 0 Å². The molecule has 0 aromatic heterocycles. The number of benzene rings is 1. The molecule has 4 nitrogen and oxygen atoms in total. The molecule has 1 heterocycles. The van der Waals surface area contributed by atoms with Crippen LogP contribution < -0.4 is 4.74 Å². The summed E-state index contributed by atoms with van der Waals surface area (Å²) < 4.78 is 5.12. The van der Waals surface area contributed by atoms with Gasteiger partial charge in [0.15, 0.2) is 5.78 Å². The molecule has 0 amide bonds. The topological polar surface area (TPSA) is 46.6 Å². The Labute approximate surface area is 113 Å². The number of Topliss-reactive ketones (excluding diaryl/α,β-unsaturated/α-hetero) is 2. The van der Waals surface area contributed by atoms with E-state index in [2.05, 4.69) is 0 Å². The van der Waals surface area contributed by atoms with Crippen molar-refractivity contribution < 1.29 is 14.3 Å². The van der Waals surface area contributed by atoms with Gasteiger partial charge < -0.3 is 4.74 Å². The Balaban J connectivity index is 1.99. The molecule has 1 atom stereocenters. The van der Waals surface area contributed by atoms with Gasteiger partial charge in [-0.2, -0.15) is 0 Å². The van der Waals surface area contributed by atoms with Crippen molar-refractivity contribution in [3.8, 4) is 5.75 Å². The lowest BCUT2D eigenvalue weighted by Gasteiger charge is -2.29. The summed E-state index contributed by atoms with van der Waals surface area (Å²) in [6, 6.07) is 7.18. The smallest absolute Gasteiger partial charge is 0.176 e. The van der Waals surface area contributed by atoms with Crippen molar-refractivity contribution in [1.29, 1.82) is 0 Å². The number of ether oxygens (including phenoxy) is 1. The third kappa shape index (κ3) is 3.41. The highest BCUT2D eigenvalue weighted by Gasteiger charge is 2.24. The minimum atomic E-state index is 0.0341. The molecule has 0 spiro atoms. The maximum Gasteiger partial charge on any atom is 0.176 e. The first kappa shape index (κ1) is 13.7. The molecule has 1 aromatic rings. The van der Waals surface area contributed by atoms with Crippen LogP contribution in [0.1, 0.15) is 23.7 Å². The molecule has 0 bridgehead atoms. The molecule has 1 unspecified atom stereocenters. The minimum absolute atomic E-state index is 0.0341. The zero-order valence-electron chi connectivity index (χ0n) is 11.4. The van der Waals surface area contributed by atoms with Gasteiger partial charge in [-0.3, -0.25) is 14.5 Å². The lowest BCUT2D eigenvalue weighted by Crippen LogP contribution is -2.42. The maximum absolute atomic E-state index is 12.2. The first-order chi connectivity index (χ1) is 9.10. The summed E-state index contributed by atoms with van der Waals surface area (Å²) in [6.07, 6.45) is 0.548. The fraction of sp³-hybridized carbons (Fsp3) is 0.467. The molecular weight excluding hydrogens is 242 g/mol. The lowest BCUT2D eigenvalue weighted by atomic mass is 9.98. The Morgan fingerprint density at radius 2 is 2.26 bits per heavy atom. The van der Waals surface area contributed by atoms with E-state index in [1.807, 2.05) is 24.0 Å². The van der Waals surface area contributed by atoms with Crippen molar-refractivity contribution in [3.05, 3.63) is 29.8 Å². The zero-order valence-corrected chi connectivity index (χ0v) is 11.4. The number of carbonyl (C=O) groups excluding carboxylic acids is 2. The molecule has 1 fully saturated rings. The first-order valence-corrected chi connectivity index (χ1v) is 6.52. The van der Waals surface area contributed by atoms with Crippen molar-refractivity contribution in [3.63, 3.8) is 0 Å². The number of hydrogen-bond donors (Lipinski definition) is 0. The van der Waals surface area contributed by atoms with E-state index in [0.29, 0.717) is 43.2 Å². The van der Waals surface area contributed by atoms with Crippen LogP contribution in [0.3, 0.4) is 0 Å². The molecule has 102 valence electrons. The summed E-state index contributed by atoms with van der Waals surface area (Å²) in [5.41, 5.74) is 0.656. The van der Waals surface area contributed by atoms with E-state index >= 15 is 0 Å². The number of methoxy groups -OCH3 is 1. The molecule has 2 rings (SSSR count). The second-order valence-corrected chi connectivity index (χ2v) is 5.01. The molecule has 19 heavy (non-hydrogen) atoms. The first-order valence-electron chi connectivity index (χ1n) is 6.52. The molecule has 1 aliphatic heterocycles. The number of hydrogen-bond acceptors (Lipinski definition) is 4. The Morgan fingerprint density at radius 3 is 2.95 bits per heavy atom. The summed E-state index contributed by atoms with van der Waals surface area (Å²) in [5.74, 6) is 1.09. The predicted molar refractivity (Wildman–Crippen MR) is 72.6 cm³/mol. The van der Waals surface area contributed by atoms with E-state index in [4.69, 9.17) is 4.74 Å². The van der Waals surface area contributed by atoms with E-state index in [-0.39, 0.29) is 11.7 Å². The maximum atomic E-state index is 12.2. The molecule has 0 radical (unpaired) electrons. The predicted octanol–water partition coefficient (Wildman–Crippen LogP) is 1.79. The van der Waals surface area contributed by atoms with E-state index in [1.165, 1.54) is 0 Å². The highest BCUT2D eigenvalue weighted by Crippen LogP contribution is 2.16. The largest absolute Gasteiger partial charge is 0.497 e. The van der Waals surface area contributed by atoms with Crippen LogP contribution >= 0.6 is 0 Å². The number of carbonyl (C=O) groups is 2. The third-order valence-electron chi connectivity index (χ3n) is 3.52. The van der Waals surface area contributed by atoms with E-state index in [0.717, 1.165) is 0 Å². The molecule has 1 aromatic carbocycles. The van der Waals surface area contributed by atoms with Crippen LogP contribution in [0.4, 0.5) is 0 Å². The number of piperidine rings is 1. The van der Waals surface area contributed by atoms with Crippen LogP contribution in [-0.4, -0.2) is 43.2 Å². The molecular formula is C15H19NO3. The summed E-state index contributed by atoms with van der Waals surface area (Å²) >= 11 is 0. The van der Waals surface area contributed by atoms with Gasteiger partial charge in [-0.05, 0) is 12.1 Å². The van der Waals surface area contributed by atoms with Gasteiger partial charge >= 0.3 is 0 Å². The van der Waals surface area contributed by atoms with Crippen molar-refractivity contribution in [1.82, 2.24) is 4.90 Å².